The molecule has 20 heavy (non-hydrogen) atoms. The maximum Gasteiger partial charge on any atom is 0.0508 e. The zero-order chi connectivity index (χ0) is 14.5. The Morgan fingerprint density at radius 3 is 2.95 bits per heavy atom. The highest BCUT2D eigenvalue weighted by molar-refractivity contribution is 9.10. The first kappa shape index (κ1) is 15.8. The number of nitrogens with zero attached hydrogens (tertiary/aromatic N) is 1. The van der Waals surface area contributed by atoms with E-state index >= 15 is 0 Å². The highest BCUT2D eigenvalue weighted by Crippen LogP contribution is 2.29. The van der Waals surface area contributed by atoms with Crippen LogP contribution in [0.25, 0.3) is 0 Å². The van der Waals surface area contributed by atoms with Gasteiger partial charge in [-0.3, -0.25) is 0 Å². The molecule has 0 spiro atoms. The molecule has 1 aliphatic rings. The summed E-state index contributed by atoms with van der Waals surface area (Å²) in [6, 6.07) is 7.10. The van der Waals surface area contributed by atoms with Crippen LogP contribution >= 0.6 is 15.9 Å². The highest BCUT2D eigenvalue weighted by Gasteiger charge is 2.24. The predicted molar refractivity (Wildman–Crippen MR) is 88.3 cm³/mol. The van der Waals surface area contributed by atoms with Gasteiger partial charge < -0.3 is 15.0 Å². The van der Waals surface area contributed by atoms with Gasteiger partial charge in [-0.25, -0.2) is 0 Å². The van der Waals surface area contributed by atoms with Crippen LogP contribution in [0.1, 0.15) is 25.8 Å². The monoisotopic (exact) mass is 340 g/mol. The molecule has 0 bridgehead atoms. The summed E-state index contributed by atoms with van der Waals surface area (Å²) in [6.07, 6.45) is 1.22. The largest absolute Gasteiger partial charge is 0.384 e. The quantitative estimate of drug-likeness (QED) is 0.858. The molecular weight excluding hydrogens is 316 g/mol. The molecule has 0 aromatic heterocycles. The molecule has 1 saturated heterocycles. The van der Waals surface area contributed by atoms with Gasteiger partial charge in [0.25, 0.3) is 0 Å². The van der Waals surface area contributed by atoms with Crippen molar-refractivity contribution in [1.82, 2.24) is 5.32 Å². The summed E-state index contributed by atoms with van der Waals surface area (Å²) in [7, 11) is 1.79. The van der Waals surface area contributed by atoms with E-state index in [1.807, 2.05) is 0 Å². The molecule has 1 aromatic rings. The molecule has 1 aliphatic heterocycles. The van der Waals surface area contributed by atoms with E-state index < -0.39 is 0 Å². The van der Waals surface area contributed by atoms with Gasteiger partial charge in [0.1, 0.15) is 0 Å². The van der Waals surface area contributed by atoms with E-state index in [0.717, 1.165) is 30.7 Å². The van der Waals surface area contributed by atoms with E-state index in [-0.39, 0.29) is 0 Å². The minimum atomic E-state index is 0.502. The van der Waals surface area contributed by atoms with Gasteiger partial charge in [0.05, 0.1) is 6.61 Å². The Hall–Kier alpha value is -0.580. The van der Waals surface area contributed by atoms with Gasteiger partial charge in [0.15, 0.2) is 0 Å². The van der Waals surface area contributed by atoms with Crippen molar-refractivity contribution in [2.24, 2.45) is 5.92 Å². The van der Waals surface area contributed by atoms with Gasteiger partial charge in [0.2, 0.25) is 0 Å². The lowest BCUT2D eigenvalue weighted by atomic mass is 10.1. The Labute approximate surface area is 130 Å². The normalized spacial score (nSPS) is 19.1. The molecule has 0 saturated carbocycles. The van der Waals surface area contributed by atoms with Crippen molar-refractivity contribution >= 4 is 21.6 Å². The van der Waals surface area contributed by atoms with Crippen molar-refractivity contribution in [1.29, 1.82) is 0 Å². The van der Waals surface area contributed by atoms with Gasteiger partial charge in [0, 0.05) is 48.9 Å². The van der Waals surface area contributed by atoms with E-state index in [9.17, 15) is 0 Å². The topological polar surface area (TPSA) is 24.5 Å². The number of halogens is 1. The van der Waals surface area contributed by atoms with Gasteiger partial charge in [-0.05, 0) is 30.2 Å². The minimum absolute atomic E-state index is 0.502. The fraction of sp³-hybridized carbons (Fsp3) is 0.625. The van der Waals surface area contributed by atoms with E-state index in [2.05, 4.69) is 58.2 Å². The molecule has 0 radical (unpaired) electrons. The van der Waals surface area contributed by atoms with Crippen LogP contribution in [0, 0.1) is 5.92 Å². The number of benzene rings is 1. The summed E-state index contributed by atoms with van der Waals surface area (Å²) < 4.78 is 6.44. The maximum absolute atomic E-state index is 5.29. The Kier molecular flexibility index (Phi) is 5.87. The third-order valence-corrected chi connectivity index (χ3v) is 4.26. The Morgan fingerprint density at radius 2 is 2.25 bits per heavy atom. The number of methoxy groups -OCH3 is 1. The van der Waals surface area contributed by atoms with Crippen LogP contribution in [0.2, 0.25) is 0 Å². The number of rotatable bonds is 6. The molecule has 4 heteroatoms. The Morgan fingerprint density at radius 1 is 1.45 bits per heavy atom. The third kappa shape index (κ3) is 4.21. The summed E-state index contributed by atoms with van der Waals surface area (Å²) in [5, 5.41) is 3.52. The zero-order valence-corrected chi connectivity index (χ0v) is 14.2. The van der Waals surface area contributed by atoms with Gasteiger partial charge in [-0.15, -0.1) is 0 Å². The molecule has 1 N–H and O–H groups in total. The van der Waals surface area contributed by atoms with Gasteiger partial charge >= 0.3 is 0 Å². The number of hydrogen-bond donors (Lipinski definition) is 1. The number of hydrogen-bond acceptors (Lipinski definition) is 3. The summed E-state index contributed by atoms with van der Waals surface area (Å²) >= 11 is 3.58. The van der Waals surface area contributed by atoms with Crippen molar-refractivity contribution in [2.45, 2.75) is 32.9 Å². The zero-order valence-electron chi connectivity index (χ0n) is 12.7. The summed E-state index contributed by atoms with van der Waals surface area (Å²) in [4.78, 5) is 2.49. The Bertz CT molecular complexity index is 436. The molecule has 1 aromatic carbocycles. The average molecular weight is 341 g/mol. The minimum Gasteiger partial charge on any atom is -0.384 e. The summed E-state index contributed by atoms with van der Waals surface area (Å²) in [5.41, 5.74) is 2.73. The number of anilines is 1. The van der Waals surface area contributed by atoms with Crippen LogP contribution < -0.4 is 10.2 Å². The van der Waals surface area contributed by atoms with E-state index in [1.54, 1.807) is 7.11 Å². The standard InChI is InChI=1S/C16H25BrN2O/c1-12(2)18-9-14-8-15(17)4-5-16(14)19-7-6-13(10-19)11-20-3/h4-5,8,12-13,18H,6-7,9-11H2,1-3H3. The second-order valence-corrected chi connectivity index (χ2v) is 6.78. The average Bonchev–Trinajstić information content (AvgIpc) is 2.85. The molecule has 1 unspecified atom stereocenters. The molecular formula is C16H25BrN2O. The lowest BCUT2D eigenvalue weighted by Crippen LogP contribution is -2.26. The Balaban J connectivity index is 2.10. The number of ether oxygens (including phenoxy) is 1. The van der Waals surface area contributed by atoms with Crippen LogP contribution in [0.4, 0.5) is 5.69 Å². The molecule has 0 aliphatic carbocycles. The SMILES string of the molecule is COCC1CCN(c2ccc(Br)cc2CNC(C)C)C1. The van der Waals surface area contributed by atoms with Crippen LogP contribution in [0.15, 0.2) is 22.7 Å². The maximum atomic E-state index is 5.29. The smallest absolute Gasteiger partial charge is 0.0508 e. The lowest BCUT2D eigenvalue weighted by Gasteiger charge is -2.23. The molecule has 112 valence electrons. The fourth-order valence-electron chi connectivity index (χ4n) is 2.74. The summed E-state index contributed by atoms with van der Waals surface area (Å²) in [5.74, 6) is 0.662. The fourth-order valence-corrected chi connectivity index (χ4v) is 3.15. The molecule has 1 fully saturated rings. The first-order valence-corrected chi connectivity index (χ1v) is 8.15. The van der Waals surface area contributed by atoms with Crippen LogP contribution in [-0.4, -0.2) is 32.8 Å². The molecule has 2 rings (SSSR count). The lowest BCUT2D eigenvalue weighted by molar-refractivity contribution is 0.161. The van der Waals surface area contributed by atoms with Crippen molar-refractivity contribution < 1.29 is 4.74 Å². The van der Waals surface area contributed by atoms with Crippen LogP contribution in [0.3, 0.4) is 0 Å². The molecule has 1 heterocycles. The predicted octanol–water partition coefficient (Wildman–Crippen LogP) is 3.42. The number of nitrogens with one attached hydrogen (secondary N) is 1. The van der Waals surface area contributed by atoms with Crippen molar-refractivity contribution in [3.8, 4) is 0 Å². The summed E-state index contributed by atoms with van der Waals surface area (Å²) in [6.45, 7) is 8.38. The molecule has 3 nitrogen and oxygen atoms in total. The van der Waals surface area contributed by atoms with Crippen molar-refractivity contribution in [3.63, 3.8) is 0 Å². The third-order valence-electron chi connectivity index (χ3n) is 3.77. The second kappa shape index (κ2) is 7.43. The van der Waals surface area contributed by atoms with Gasteiger partial charge in [-0.2, -0.15) is 0 Å². The second-order valence-electron chi connectivity index (χ2n) is 5.86. The first-order chi connectivity index (χ1) is 9.60. The molecule has 1 atom stereocenters. The van der Waals surface area contributed by atoms with Crippen LogP contribution in [0.5, 0.6) is 0 Å². The first-order valence-electron chi connectivity index (χ1n) is 7.36. The van der Waals surface area contributed by atoms with Crippen molar-refractivity contribution in [3.05, 3.63) is 28.2 Å². The van der Waals surface area contributed by atoms with Crippen molar-refractivity contribution in [2.75, 3.05) is 31.7 Å². The van der Waals surface area contributed by atoms with E-state index in [4.69, 9.17) is 4.74 Å². The van der Waals surface area contributed by atoms with E-state index in [1.165, 1.54) is 17.7 Å². The van der Waals surface area contributed by atoms with E-state index in [0.29, 0.717) is 12.0 Å². The van der Waals surface area contributed by atoms with Gasteiger partial charge in [-0.1, -0.05) is 29.8 Å². The van der Waals surface area contributed by atoms with Crippen LogP contribution in [-0.2, 0) is 11.3 Å². The highest BCUT2D eigenvalue weighted by atomic mass is 79.9. The molecule has 0 amide bonds.